The van der Waals surface area contributed by atoms with Gasteiger partial charge in [0.15, 0.2) is 5.16 Å². The van der Waals surface area contributed by atoms with E-state index in [0.717, 1.165) is 53.9 Å². The number of nitrogens with zero attached hydrogens (tertiary/aromatic N) is 4. The van der Waals surface area contributed by atoms with E-state index in [1.807, 2.05) is 30.6 Å². The molecule has 0 bridgehead atoms. The van der Waals surface area contributed by atoms with Crippen LogP contribution in [0, 0.1) is 0 Å². The predicted octanol–water partition coefficient (Wildman–Crippen LogP) is 3.54. The number of hydrogen-bond donors (Lipinski definition) is 1. The number of nitrogens with one attached hydrogen (secondary N) is 1. The quantitative estimate of drug-likeness (QED) is 0.563. The number of H-pyrrole nitrogens is 1. The van der Waals surface area contributed by atoms with E-state index in [1.54, 1.807) is 11.8 Å². The van der Waals surface area contributed by atoms with Crippen LogP contribution in [-0.2, 0) is 19.5 Å². The van der Waals surface area contributed by atoms with Gasteiger partial charge in [-0.15, -0.1) is 0 Å². The summed E-state index contributed by atoms with van der Waals surface area (Å²) >= 11 is 1.67. The van der Waals surface area contributed by atoms with Gasteiger partial charge in [-0.25, -0.2) is 15.0 Å². The van der Waals surface area contributed by atoms with Gasteiger partial charge in [0.25, 0.3) is 0 Å². The van der Waals surface area contributed by atoms with Crippen molar-refractivity contribution in [1.29, 1.82) is 0 Å². The molecule has 2 aromatic heterocycles. The second kappa shape index (κ2) is 7.37. The lowest BCUT2D eigenvalue weighted by molar-refractivity contribution is 0.241. The molecule has 0 fully saturated rings. The van der Waals surface area contributed by atoms with Crippen LogP contribution in [-0.4, -0.2) is 37.1 Å². The van der Waals surface area contributed by atoms with E-state index < -0.39 is 0 Å². The van der Waals surface area contributed by atoms with Gasteiger partial charge in [-0.2, -0.15) is 0 Å². The van der Waals surface area contributed by atoms with Crippen molar-refractivity contribution in [2.24, 2.45) is 0 Å². The molecule has 5 nitrogen and oxygen atoms in total. The van der Waals surface area contributed by atoms with Crippen LogP contribution in [0.4, 0.5) is 0 Å². The highest BCUT2D eigenvalue weighted by Gasteiger charge is 2.20. The van der Waals surface area contributed by atoms with Gasteiger partial charge in [0.2, 0.25) is 0 Å². The molecule has 1 aliphatic heterocycles. The fourth-order valence-corrected chi connectivity index (χ4v) is 3.62. The molecule has 4 rings (SSSR count). The summed E-state index contributed by atoms with van der Waals surface area (Å²) in [6, 6.07) is 10.3. The van der Waals surface area contributed by atoms with Crippen molar-refractivity contribution in [3.8, 4) is 11.4 Å². The van der Waals surface area contributed by atoms with Crippen LogP contribution in [0.5, 0.6) is 0 Å². The maximum Gasteiger partial charge on any atom is 0.187 e. The smallest absolute Gasteiger partial charge is 0.187 e. The first kappa shape index (κ1) is 16.3. The average Bonchev–Trinajstić information content (AvgIpc) is 3.08. The van der Waals surface area contributed by atoms with Crippen LogP contribution < -0.4 is 0 Å². The van der Waals surface area contributed by atoms with E-state index in [1.165, 1.54) is 11.4 Å². The molecule has 3 heterocycles. The zero-order chi connectivity index (χ0) is 17.1. The Balaban J connectivity index is 1.45. The molecule has 0 spiro atoms. The Labute approximate surface area is 151 Å². The maximum atomic E-state index is 4.78. The summed E-state index contributed by atoms with van der Waals surface area (Å²) in [4.78, 5) is 19.6. The van der Waals surface area contributed by atoms with Crippen LogP contribution in [0.3, 0.4) is 0 Å². The maximum absolute atomic E-state index is 4.78. The molecule has 6 heteroatoms. The van der Waals surface area contributed by atoms with E-state index in [9.17, 15) is 0 Å². The number of imidazole rings is 1. The summed E-state index contributed by atoms with van der Waals surface area (Å²) in [6.07, 6.45) is 4.87. The van der Waals surface area contributed by atoms with Crippen molar-refractivity contribution in [3.63, 3.8) is 0 Å². The molecular formula is C19H21N5S. The van der Waals surface area contributed by atoms with Crippen LogP contribution in [0.2, 0.25) is 0 Å². The summed E-state index contributed by atoms with van der Waals surface area (Å²) in [6.45, 7) is 4.88. The van der Waals surface area contributed by atoms with Crippen LogP contribution >= 0.6 is 11.8 Å². The van der Waals surface area contributed by atoms with Crippen molar-refractivity contribution >= 4 is 11.8 Å². The molecule has 0 amide bonds. The number of aromatic nitrogens is 4. The Bertz CT molecular complexity index is 829. The molecule has 0 unspecified atom stereocenters. The number of thioether (sulfide) groups is 1. The van der Waals surface area contributed by atoms with E-state index in [0.29, 0.717) is 0 Å². The molecular weight excluding hydrogens is 330 g/mol. The minimum absolute atomic E-state index is 0.855. The molecule has 0 atom stereocenters. The normalized spacial score (nSPS) is 14.4. The predicted molar refractivity (Wildman–Crippen MR) is 100 cm³/mol. The summed E-state index contributed by atoms with van der Waals surface area (Å²) in [5.41, 5.74) is 4.72. The van der Waals surface area contributed by atoms with E-state index >= 15 is 0 Å². The minimum Gasteiger partial charge on any atom is -0.341 e. The Morgan fingerprint density at radius 2 is 1.96 bits per heavy atom. The zero-order valence-electron chi connectivity index (χ0n) is 14.3. The molecule has 0 saturated carbocycles. The molecule has 25 heavy (non-hydrogen) atoms. The van der Waals surface area contributed by atoms with Gasteiger partial charge < -0.3 is 4.98 Å². The number of benzene rings is 1. The van der Waals surface area contributed by atoms with Crippen molar-refractivity contribution in [1.82, 2.24) is 24.8 Å². The molecule has 1 aromatic carbocycles. The van der Waals surface area contributed by atoms with Gasteiger partial charge in [-0.1, -0.05) is 49.0 Å². The third-order valence-electron chi connectivity index (χ3n) is 4.32. The van der Waals surface area contributed by atoms with Crippen molar-refractivity contribution < 1.29 is 0 Å². The van der Waals surface area contributed by atoms with Gasteiger partial charge in [0.05, 0.1) is 11.4 Å². The summed E-state index contributed by atoms with van der Waals surface area (Å²) in [5, 5.41) is 0.855. The van der Waals surface area contributed by atoms with Crippen LogP contribution in [0.15, 0.2) is 47.9 Å². The molecule has 1 aliphatic rings. The number of hydrogen-bond acceptors (Lipinski definition) is 5. The van der Waals surface area contributed by atoms with Crippen LogP contribution in [0.1, 0.15) is 23.9 Å². The molecule has 128 valence electrons. The Morgan fingerprint density at radius 1 is 1.16 bits per heavy atom. The first-order valence-corrected chi connectivity index (χ1v) is 9.59. The highest BCUT2D eigenvalue weighted by Crippen LogP contribution is 2.23. The van der Waals surface area contributed by atoms with Gasteiger partial charge >= 0.3 is 0 Å². The number of rotatable bonds is 5. The summed E-state index contributed by atoms with van der Waals surface area (Å²) < 4.78 is 0. The molecule has 1 N–H and O–H groups in total. The molecule has 0 aliphatic carbocycles. The topological polar surface area (TPSA) is 57.7 Å². The lowest BCUT2D eigenvalue weighted by Gasteiger charge is -2.25. The van der Waals surface area contributed by atoms with E-state index in [2.05, 4.69) is 38.9 Å². The highest BCUT2D eigenvalue weighted by atomic mass is 32.2. The standard InChI is InChI=1S/C19H21N5S/c1-2-25-19-20-10-14(11-21-19)12-24-9-8-16-17(13-24)23-18(22-16)15-6-4-3-5-7-15/h3-7,10-11H,2,8-9,12-13H2,1H3,(H,22,23). The molecule has 0 radical (unpaired) electrons. The highest BCUT2D eigenvalue weighted by molar-refractivity contribution is 7.99. The van der Waals surface area contributed by atoms with Crippen LogP contribution in [0.25, 0.3) is 11.4 Å². The monoisotopic (exact) mass is 351 g/mol. The summed E-state index contributed by atoms with van der Waals surface area (Å²) in [7, 11) is 0. The molecule has 0 saturated heterocycles. The zero-order valence-corrected chi connectivity index (χ0v) is 15.1. The fraction of sp³-hybridized carbons (Fsp3) is 0.316. The van der Waals surface area contributed by atoms with Crippen molar-refractivity contribution in [2.75, 3.05) is 12.3 Å². The third-order valence-corrected chi connectivity index (χ3v) is 5.08. The average molecular weight is 351 g/mol. The first-order chi connectivity index (χ1) is 12.3. The van der Waals surface area contributed by atoms with Gasteiger partial charge in [-0.3, -0.25) is 4.90 Å². The SMILES string of the molecule is CCSc1ncc(CN2CCc3nc(-c4ccccc4)[nH]c3C2)cn1. The molecule has 3 aromatic rings. The number of fused-ring (bicyclic) bond motifs is 1. The Morgan fingerprint density at radius 3 is 2.72 bits per heavy atom. The fourth-order valence-electron chi connectivity index (χ4n) is 3.10. The van der Waals surface area contributed by atoms with Gasteiger partial charge in [0.1, 0.15) is 5.82 Å². The minimum atomic E-state index is 0.855. The Kier molecular flexibility index (Phi) is 4.81. The second-order valence-corrected chi connectivity index (χ2v) is 7.38. The van der Waals surface area contributed by atoms with Gasteiger partial charge in [0, 0.05) is 49.6 Å². The third kappa shape index (κ3) is 3.75. The van der Waals surface area contributed by atoms with E-state index in [4.69, 9.17) is 4.98 Å². The van der Waals surface area contributed by atoms with E-state index in [-0.39, 0.29) is 0 Å². The number of aromatic amines is 1. The summed E-state index contributed by atoms with van der Waals surface area (Å²) in [5.74, 6) is 1.97. The second-order valence-electron chi connectivity index (χ2n) is 6.14. The lowest BCUT2D eigenvalue weighted by Crippen LogP contribution is -2.30. The Hall–Kier alpha value is -2.18. The largest absolute Gasteiger partial charge is 0.341 e. The van der Waals surface area contributed by atoms with Crippen molar-refractivity contribution in [2.45, 2.75) is 31.6 Å². The van der Waals surface area contributed by atoms with Crippen molar-refractivity contribution in [3.05, 3.63) is 59.7 Å². The van der Waals surface area contributed by atoms with Gasteiger partial charge in [-0.05, 0) is 5.75 Å². The first-order valence-electron chi connectivity index (χ1n) is 8.61. The lowest BCUT2D eigenvalue weighted by atomic mass is 10.1.